The average molecular weight is 388 g/mol. The molecule has 8 nitrogen and oxygen atoms in total. The van der Waals surface area contributed by atoms with Gasteiger partial charge in [-0.1, -0.05) is 12.1 Å². The maximum atomic E-state index is 11.7. The van der Waals surface area contributed by atoms with Crippen LogP contribution in [-0.2, 0) is 16.4 Å². The number of nitro benzene ring substituents is 1. The zero-order chi connectivity index (χ0) is 19.8. The summed E-state index contributed by atoms with van der Waals surface area (Å²) in [5, 5.41) is 14.5. The third-order valence-corrected chi connectivity index (χ3v) is 5.46. The fourth-order valence-corrected chi connectivity index (χ4v) is 3.71. The van der Waals surface area contributed by atoms with E-state index < -0.39 is 14.8 Å². The first-order valence-corrected chi connectivity index (χ1v) is 10.3. The molecule has 0 amide bonds. The number of aromatic nitrogens is 2. The summed E-state index contributed by atoms with van der Waals surface area (Å²) in [4.78, 5) is 15.4. The number of nitrogens with zero attached hydrogens (tertiary/aromatic N) is 3. The van der Waals surface area contributed by atoms with Crippen LogP contribution in [-0.4, -0.2) is 29.1 Å². The minimum Gasteiger partial charge on any atom is -0.370 e. The van der Waals surface area contributed by atoms with E-state index in [0.717, 1.165) is 29.2 Å². The minimum absolute atomic E-state index is 0.0896. The molecule has 9 heteroatoms. The lowest BCUT2D eigenvalue weighted by molar-refractivity contribution is -0.384. The molecule has 0 aliphatic carbocycles. The summed E-state index contributed by atoms with van der Waals surface area (Å²) in [6.07, 6.45) is 1.02. The quantitative estimate of drug-likeness (QED) is 0.511. The van der Waals surface area contributed by atoms with Gasteiger partial charge in [0.2, 0.25) is 0 Å². The Morgan fingerprint density at radius 2 is 1.96 bits per heavy atom. The standard InChI is InChI=1S/C18H20N4O4S/c1-4-21-16-8-6-5-7-14(16)20-18(21)12(2)19-15-10-9-13(27(3,25)26)11-17(15)22(23)24/h5-12,19H,4H2,1-3H3. The van der Waals surface area contributed by atoms with Gasteiger partial charge in [0.25, 0.3) is 5.69 Å². The van der Waals surface area contributed by atoms with Crippen LogP contribution in [0.2, 0.25) is 0 Å². The van der Waals surface area contributed by atoms with Crippen molar-refractivity contribution < 1.29 is 13.3 Å². The van der Waals surface area contributed by atoms with Crippen molar-refractivity contribution in [2.24, 2.45) is 0 Å². The van der Waals surface area contributed by atoms with Gasteiger partial charge in [-0.3, -0.25) is 10.1 Å². The molecule has 0 fully saturated rings. The van der Waals surface area contributed by atoms with E-state index in [1.807, 2.05) is 42.7 Å². The Morgan fingerprint density at radius 3 is 2.59 bits per heavy atom. The van der Waals surface area contributed by atoms with Gasteiger partial charge in [-0.25, -0.2) is 13.4 Å². The third kappa shape index (κ3) is 3.63. The van der Waals surface area contributed by atoms with Crippen LogP contribution in [0.4, 0.5) is 11.4 Å². The number of anilines is 1. The molecule has 0 spiro atoms. The van der Waals surface area contributed by atoms with Crippen molar-refractivity contribution in [1.29, 1.82) is 0 Å². The highest BCUT2D eigenvalue weighted by atomic mass is 32.2. The molecule has 0 aliphatic heterocycles. The number of fused-ring (bicyclic) bond motifs is 1. The first-order valence-electron chi connectivity index (χ1n) is 8.42. The van der Waals surface area contributed by atoms with E-state index in [-0.39, 0.29) is 22.3 Å². The maximum Gasteiger partial charge on any atom is 0.293 e. The van der Waals surface area contributed by atoms with E-state index >= 15 is 0 Å². The number of para-hydroxylation sites is 2. The second kappa shape index (κ2) is 6.99. The van der Waals surface area contributed by atoms with Gasteiger partial charge < -0.3 is 9.88 Å². The molecule has 0 aliphatic rings. The van der Waals surface area contributed by atoms with E-state index in [9.17, 15) is 18.5 Å². The molecule has 3 aromatic rings. The number of benzene rings is 2. The molecular formula is C18H20N4O4S. The average Bonchev–Trinajstić information content (AvgIpc) is 2.99. The Bertz CT molecular complexity index is 1120. The summed E-state index contributed by atoms with van der Waals surface area (Å²) in [5.41, 5.74) is 1.80. The van der Waals surface area contributed by atoms with Crippen LogP contribution in [0, 0.1) is 10.1 Å². The Kier molecular flexibility index (Phi) is 4.88. The summed E-state index contributed by atoms with van der Waals surface area (Å²) in [6.45, 7) is 4.58. The van der Waals surface area contributed by atoms with Crippen LogP contribution in [0.25, 0.3) is 11.0 Å². The Balaban J connectivity index is 2.01. The number of sulfone groups is 1. The molecule has 0 saturated heterocycles. The molecule has 0 bridgehead atoms. The highest BCUT2D eigenvalue weighted by Crippen LogP contribution is 2.31. The second-order valence-electron chi connectivity index (χ2n) is 6.28. The predicted octanol–water partition coefficient (Wildman–Crippen LogP) is 3.54. The fourth-order valence-electron chi connectivity index (χ4n) is 3.07. The molecule has 1 aromatic heterocycles. The van der Waals surface area contributed by atoms with Gasteiger partial charge in [0.1, 0.15) is 11.5 Å². The topological polar surface area (TPSA) is 107 Å². The van der Waals surface area contributed by atoms with Crippen molar-refractivity contribution in [3.05, 3.63) is 58.4 Å². The first-order chi connectivity index (χ1) is 12.7. The lowest BCUT2D eigenvalue weighted by Gasteiger charge is -2.17. The third-order valence-electron chi connectivity index (χ3n) is 4.35. The number of rotatable bonds is 6. The minimum atomic E-state index is -3.53. The molecule has 0 saturated carbocycles. The van der Waals surface area contributed by atoms with Crippen molar-refractivity contribution in [3.8, 4) is 0 Å². The van der Waals surface area contributed by atoms with E-state index in [4.69, 9.17) is 0 Å². The summed E-state index contributed by atoms with van der Waals surface area (Å²) < 4.78 is 25.4. The van der Waals surface area contributed by atoms with Crippen molar-refractivity contribution in [3.63, 3.8) is 0 Å². The van der Waals surface area contributed by atoms with E-state index in [1.165, 1.54) is 12.1 Å². The van der Waals surface area contributed by atoms with E-state index in [2.05, 4.69) is 10.3 Å². The first kappa shape index (κ1) is 18.8. The molecule has 1 heterocycles. The molecule has 142 valence electrons. The Hall–Kier alpha value is -2.94. The van der Waals surface area contributed by atoms with Gasteiger partial charge in [0.15, 0.2) is 9.84 Å². The van der Waals surface area contributed by atoms with Crippen molar-refractivity contribution in [2.45, 2.75) is 31.3 Å². The fraction of sp³-hybridized carbons (Fsp3) is 0.278. The SMILES string of the molecule is CCn1c(C(C)Nc2ccc(S(C)(=O)=O)cc2[N+](=O)[O-])nc2ccccc21. The summed E-state index contributed by atoms with van der Waals surface area (Å²) in [6, 6.07) is 11.3. The summed E-state index contributed by atoms with van der Waals surface area (Å²) >= 11 is 0. The molecule has 2 aromatic carbocycles. The second-order valence-corrected chi connectivity index (χ2v) is 8.29. The molecule has 1 unspecified atom stereocenters. The highest BCUT2D eigenvalue weighted by molar-refractivity contribution is 7.90. The van der Waals surface area contributed by atoms with Gasteiger partial charge in [-0.2, -0.15) is 0 Å². The van der Waals surface area contributed by atoms with Crippen molar-refractivity contribution in [1.82, 2.24) is 9.55 Å². The highest BCUT2D eigenvalue weighted by Gasteiger charge is 2.22. The molecule has 1 atom stereocenters. The van der Waals surface area contributed by atoms with Crippen molar-refractivity contribution in [2.75, 3.05) is 11.6 Å². The summed E-state index contributed by atoms with van der Waals surface area (Å²) in [7, 11) is -3.53. The zero-order valence-corrected chi connectivity index (χ0v) is 16.0. The van der Waals surface area contributed by atoms with Crippen LogP contribution in [0.3, 0.4) is 0 Å². The van der Waals surface area contributed by atoms with Gasteiger partial charge in [0, 0.05) is 18.9 Å². The van der Waals surface area contributed by atoms with Crippen LogP contribution < -0.4 is 5.32 Å². The number of nitro groups is 1. The maximum absolute atomic E-state index is 11.7. The lowest BCUT2D eigenvalue weighted by atomic mass is 10.2. The smallest absolute Gasteiger partial charge is 0.293 e. The Labute approximate surface area is 156 Å². The number of nitrogens with one attached hydrogen (secondary N) is 1. The largest absolute Gasteiger partial charge is 0.370 e. The van der Waals surface area contributed by atoms with Crippen LogP contribution >= 0.6 is 0 Å². The van der Waals surface area contributed by atoms with Crippen LogP contribution in [0.5, 0.6) is 0 Å². The van der Waals surface area contributed by atoms with Gasteiger partial charge in [-0.15, -0.1) is 0 Å². The molecule has 1 N–H and O–H groups in total. The molecule has 3 rings (SSSR count). The molecule has 27 heavy (non-hydrogen) atoms. The molecular weight excluding hydrogens is 368 g/mol. The molecule has 0 radical (unpaired) electrons. The lowest BCUT2D eigenvalue weighted by Crippen LogP contribution is -2.14. The van der Waals surface area contributed by atoms with Gasteiger partial charge in [0.05, 0.1) is 26.9 Å². The zero-order valence-electron chi connectivity index (χ0n) is 15.2. The normalized spacial score (nSPS) is 12.9. The van der Waals surface area contributed by atoms with Gasteiger partial charge >= 0.3 is 0 Å². The van der Waals surface area contributed by atoms with E-state index in [0.29, 0.717) is 6.54 Å². The van der Waals surface area contributed by atoms with Crippen LogP contribution in [0.15, 0.2) is 47.4 Å². The van der Waals surface area contributed by atoms with Gasteiger partial charge in [-0.05, 0) is 38.1 Å². The number of imidazole rings is 1. The monoisotopic (exact) mass is 388 g/mol. The summed E-state index contributed by atoms with van der Waals surface area (Å²) in [5.74, 6) is 0.750. The number of hydrogen-bond acceptors (Lipinski definition) is 6. The van der Waals surface area contributed by atoms with E-state index in [1.54, 1.807) is 0 Å². The van der Waals surface area contributed by atoms with Crippen LogP contribution in [0.1, 0.15) is 25.7 Å². The predicted molar refractivity (Wildman–Crippen MR) is 104 cm³/mol. The number of hydrogen-bond donors (Lipinski definition) is 1. The van der Waals surface area contributed by atoms with Crippen molar-refractivity contribution >= 4 is 32.2 Å². The Morgan fingerprint density at radius 1 is 1.26 bits per heavy atom. The number of aryl methyl sites for hydroxylation is 1.